The fourth-order valence-electron chi connectivity index (χ4n) is 1.07. The highest BCUT2D eigenvalue weighted by Gasteiger charge is 1.86. The van der Waals surface area contributed by atoms with E-state index in [2.05, 4.69) is 19.6 Å². The van der Waals surface area contributed by atoms with Gasteiger partial charge in [-0.15, -0.1) is 0 Å². The summed E-state index contributed by atoms with van der Waals surface area (Å²) in [5.74, 6) is 0. The highest BCUT2D eigenvalue weighted by atomic mass is 16.3. The molecule has 0 aromatic carbocycles. The smallest absolute Gasteiger partial charge is 0.0696 e. The first-order valence-corrected chi connectivity index (χ1v) is 5.38. The molecule has 14 heavy (non-hydrogen) atoms. The van der Waals surface area contributed by atoms with Crippen LogP contribution in [-0.4, -0.2) is 11.2 Å². The maximum Gasteiger partial charge on any atom is 0.0696 e. The summed E-state index contributed by atoms with van der Waals surface area (Å²) in [7, 11) is 0. The standard InChI is InChI=1S/C13H22O/c1-4-5-6-7-8-9-12(2)10-11-13(3)14/h8-11,13-14H,2,4-7H2,1,3H3/b9-8-,11-10+. The van der Waals surface area contributed by atoms with E-state index in [0.717, 1.165) is 12.0 Å². The van der Waals surface area contributed by atoms with Gasteiger partial charge in [0.1, 0.15) is 0 Å². The van der Waals surface area contributed by atoms with E-state index in [1.807, 2.05) is 12.2 Å². The van der Waals surface area contributed by atoms with Gasteiger partial charge in [-0.25, -0.2) is 0 Å². The minimum atomic E-state index is -0.389. The lowest BCUT2D eigenvalue weighted by Gasteiger charge is -1.94. The molecule has 0 fully saturated rings. The Kier molecular flexibility index (Phi) is 8.25. The molecule has 80 valence electrons. The third kappa shape index (κ3) is 9.27. The number of hydrogen-bond donors (Lipinski definition) is 1. The van der Waals surface area contributed by atoms with E-state index in [1.54, 1.807) is 13.0 Å². The van der Waals surface area contributed by atoms with Crippen molar-refractivity contribution in [2.45, 2.75) is 45.6 Å². The van der Waals surface area contributed by atoms with Crippen LogP contribution in [0.5, 0.6) is 0 Å². The van der Waals surface area contributed by atoms with Crippen molar-refractivity contribution in [1.29, 1.82) is 0 Å². The van der Waals surface area contributed by atoms with Crippen LogP contribution in [0.3, 0.4) is 0 Å². The van der Waals surface area contributed by atoms with Crippen LogP contribution in [0, 0.1) is 0 Å². The molecule has 0 bridgehead atoms. The predicted molar refractivity (Wildman–Crippen MR) is 63.2 cm³/mol. The van der Waals surface area contributed by atoms with Crippen LogP contribution >= 0.6 is 0 Å². The molecule has 0 saturated heterocycles. The highest BCUT2D eigenvalue weighted by molar-refractivity contribution is 5.27. The summed E-state index contributed by atoms with van der Waals surface area (Å²) >= 11 is 0. The van der Waals surface area contributed by atoms with Crippen LogP contribution in [0.2, 0.25) is 0 Å². The second-order valence-electron chi connectivity index (χ2n) is 3.57. The average Bonchev–Trinajstić information content (AvgIpc) is 2.14. The normalized spacial score (nSPS) is 13.9. The molecule has 0 aromatic rings. The lowest BCUT2D eigenvalue weighted by Crippen LogP contribution is -1.91. The first-order valence-electron chi connectivity index (χ1n) is 5.38. The number of hydrogen-bond acceptors (Lipinski definition) is 1. The molecule has 0 amide bonds. The van der Waals surface area contributed by atoms with Crippen molar-refractivity contribution in [1.82, 2.24) is 0 Å². The van der Waals surface area contributed by atoms with Crippen LogP contribution in [0.1, 0.15) is 39.5 Å². The Bertz CT molecular complexity index is 199. The molecule has 1 heteroatoms. The van der Waals surface area contributed by atoms with Crippen molar-refractivity contribution in [2.75, 3.05) is 0 Å². The molecule has 0 aliphatic heterocycles. The van der Waals surface area contributed by atoms with Gasteiger partial charge in [0.15, 0.2) is 0 Å². The quantitative estimate of drug-likeness (QED) is 0.485. The van der Waals surface area contributed by atoms with E-state index in [9.17, 15) is 0 Å². The van der Waals surface area contributed by atoms with Crippen molar-refractivity contribution in [3.63, 3.8) is 0 Å². The van der Waals surface area contributed by atoms with Crippen molar-refractivity contribution >= 4 is 0 Å². The lowest BCUT2D eigenvalue weighted by atomic mass is 10.1. The largest absolute Gasteiger partial charge is 0.389 e. The first kappa shape index (κ1) is 13.2. The Morgan fingerprint density at radius 1 is 1.36 bits per heavy atom. The van der Waals surface area contributed by atoms with E-state index in [4.69, 9.17) is 5.11 Å². The zero-order valence-corrected chi connectivity index (χ0v) is 9.37. The summed E-state index contributed by atoms with van der Waals surface area (Å²) < 4.78 is 0. The molecule has 1 nitrogen and oxygen atoms in total. The van der Waals surface area contributed by atoms with Crippen molar-refractivity contribution in [3.05, 3.63) is 36.5 Å². The van der Waals surface area contributed by atoms with Crippen LogP contribution < -0.4 is 0 Å². The predicted octanol–water partition coefficient (Wildman–Crippen LogP) is 3.62. The fourth-order valence-corrected chi connectivity index (χ4v) is 1.07. The molecule has 0 radical (unpaired) electrons. The molecule has 1 unspecified atom stereocenters. The van der Waals surface area contributed by atoms with Gasteiger partial charge in [-0.2, -0.15) is 0 Å². The lowest BCUT2D eigenvalue weighted by molar-refractivity contribution is 0.244. The fraction of sp³-hybridized carbons (Fsp3) is 0.538. The molecular weight excluding hydrogens is 172 g/mol. The monoisotopic (exact) mass is 194 g/mol. The Morgan fingerprint density at radius 2 is 2.07 bits per heavy atom. The van der Waals surface area contributed by atoms with Gasteiger partial charge in [0, 0.05) is 0 Å². The molecule has 0 aliphatic carbocycles. The summed E-state index contributed by atoms with van der Waals surface area (Å²) in [6, 6.07) is 0. The molecule has 1 N–H and O–H groups in total. The Morgan fingerprint density at radius 3 is 2.64 bits per heavy atom. The third-order valence-electron chi connectivity index (χ3n) is 1.90. The topological polar surface area (TPSA) is 20.2 Å². The van der Waals surface area contributed by atoms with E-state index in [1.165, 1.54) is 19.3 Å². The molecule has 0 heterocycles. The number of allylic oxidation sites excluding steroid dienone is 4. The van der Waals surface area contributed by atoms with Gasteiger partial charge < -0.3 is 5.11 Å². The maximum atomic E-state index is 8.99. The highest BCUT2D eigenvalue weighted by Crippen LogP contribution is 2.03. The Hall–Kier alpha value is -0.820. The van der Waals surface area contributed by atoms with Crippen molar-refractivity contribution < 1.29 is 5.11 Å². The summed E-state index contributed by atoms with van der Waals surface area (Å²) in [6.07, 6.45) is 12.3. The van der Waals surface area contributed by atoms with Gasteiger partial charge in [-0.05, 0) is 25.3 Å². The van der Waals surface area contributed by atoms with E-state index < -0.39 is 0 Å². The van der Waals surface area contributed by atoms with Crippen LogP contribution in [0.25, 0.3) is 0 Å². The molecule has 0 spiro atoms. The third-order valence-corrected chi connectivity index (χ3v) is 1.90. The summed E-state index contributed by atoms with van der Waals surface area (Å²) in [5.41, 5.74) is 0.947. The number of unbranched alkanes of at least 4 members (excludes halogenated alkanes) is 3. The van der Waals surface area contributed by atoms with Crippen LogP contribution in [0.15, 0.2) is 36.5 Å². The molecule has 0 rings (SSSR count). The van der Waals surface area contributed by atoms with Crippen molar-refractivity contribution in [2.24, 2.45) is 0 Å². The molecule has 1 atom stereocenters. The maximum absolute atomic E-state index is 8.99. The Balaban J connectivity index is 3.61. The van der Waals surface area contributed by atoms with Crippen LogP contribution in [-0.2, 0) is 0 Å². The SMILES string of the molecule is C=C(/C=C\CCCCC)/C=C/C(C)O. The zero-order valence-electron chi connectivity index (χ0n) is 9.37. The first-order chi connectivity index (χ1) is 6.66. The zero-order chi connectivity index (χ0) is 10.8. The van der Waals surface area contributed by atoms with Gasteiger partial charge in [-0.1, -0.05) is 50.6 Å². The molecular formula is C13H22O. The number of rotatable bonds is 7. The minimum Gasteiger partial charge on any atom is -0.389 e. The minimum absolute atomic E-state index is 0.389. The van der Waals surface area contributed by atoms with Gasteiger partial charge in [-0.3, -0.25) is 0 Å². The van der Waals surface area contributed by atoms with Crippen LogP contribution in [0.4, 0.5) is 0 Å². The molecule has 0 aromatic heterocycles. The summed E-state index contributed by atoms with van der Waals surface area (Å²) in [5, 5.41) is 8.99. The van der Waals surface area contributed by atoms with Crippen molar-refractivity contribution in [3.8, 4) is 0 Å². The summed E-state index contributed by atoms with van der Waals surface area (Å²) in [6.45, 7) is 7.79. The molecule has 0 aliphatic rings. The van der Waals surface area contributed by atoms with Gasteiger partial charge in [0.05, 0.1) is 6.10 Å². The Labute approximate surface area is 87.8 Å². The van der Waals surface area contributed by atoms with Gasteiger partial charge in [0.25, 0.3) is 0 Å². The van der Waals surface area contributed by atoms with E-state index in [-0.39, 0.29) is 6.10 Å². The second kappa shape index (κ2) is 8.76. The second-order valence-corrected chi connectivity index (χ2v) is 3.57. The number of aliphatic hydroxyl groups is 1. The summed E-state index contributed by atoms with van der Waals surface area (Å²) in [4.78, 5) is 0. The average molecular weight is 194 g/mol. The van der Waals surface area contributed by atoms with Gasteiger partial charge in [0.2, 0.25) is 0 Å². The molecule has 0 saturated carbocycles. The van der Waals surface area contributed by atoms with Gasteiger partial charge >= 0.3 is 0 Å². The van der Waals surface area contributed by atoms with E-state index in [0.29, 0.717) is 0 Å². The van der Waals surface area contributed by atoms with E-state index >= 15 is 0 Å². The number of aliphatic hydroxyl groups excluding tert-OH is 1.